The lowest BCUT2D eigenvalue weighted by atomic mass is 9.87. The number of phenols is 1. The number of hydrogen-bond donors (Lipinski definition) is 2. The van der Waals surface area contributed by atoms with Crippen LogP contribution in [0.1, 0.15) is 49.2 Å². The molecule has 0 aliphatic carbocycles. The molecule has 0 fully saturated rings. The fourth-order valence-corrected chi connectivity index (χ4v) is 2.23. The van der Waals surface area contributed by atoms with Gasteiger partial charge in [-0.1, -0.05) is 32.9 Å². The highest BCUT2D eigenvalue weighted by Gasteiger charge is 2.14. The Morgan fingerprint density at radius 3 is 2.48 bits per heavy atom. The Balaban J connectivity index is 2.02. The molecule has 0 bridgehead atoms. The van der Waals surface area contributed by atoms with Crippen LogP contribution in [-0.2, 0) is 5.41 Å². The van der Waals surface area contributed by atoms with Crippen molar-refractivity contribution < 1.29 is 14.6 Å². The first-order valence-electron chi connectivity index (χ1n) is 8.21. The number of nitrogens with zero attached hydrogens (tertiary/aromatic N) is 1. The van der Waals surface area contributed by atoms with Gasteiger partial charge >= 0.3 is 0 Å². The average Bonchev–Trinajstić information content (AvgIpc) is 2.57. The minimum Gasteiger partial charge on any atom is -0.504 e. The van der Waals surface area contributed by atoms with Crippen molar-refractivity contribution in [2.24, 2.45) is 5.10 Å². The Morgan fingerprint density at radius 2 is 1.88 bits per heavy atom. The maximum atomic E-state index is 12.1. The van der Waals surface area contributed by atoms with Gasteiger partial charge in [0.1, 0.15) is 0 Å². The fourth-order valence-electron chi connectivity index (χ4n) is 2.23. The van der Waals surface area contributed by atoms with E-state index in [0.717, 1.165) is 0 Å². The molecule has 132 valence electrons. The van der Waals surface area contributed by atoms with Gasteiger partial charge < -0.3 is 9.84 Å². The van der Waals surface area contributed by atoms with E-state index in [1.807, 2.05) is 19.1 Å². The van der Waals surface area contributed by atoms with Gasteiger partial charge in [-0.15, -0.1) is 0 Å². The average molecular weight is 340 g/mol. The quantitative estimate of drug-likeness (QED) is 0.641. The largest absolute Gasteiger partial charge is 0.504 e. The van der Waals surface area contributed by atoms with Gasteiger partial charge in [0.05, 0.1) is 12.8 Å². The number of carbonyl (C=O) groups is 1. The lowest BCUT2D eigenvalue weighted by molar-refractivity contribution is 0.0955. The summed E-state index contributed by atoms with van der Waals surface area (Å²) in [5, 5.41) is 13.6. The summed E-state index contributed by atoms with van der Waals surface area (Å²) in [5.74, 6) is 0.179. The van der Waals surface area contributed by atoms with Gasteiger partial charge in [0.15, 0.2) is 11.5 Å². The number of phenolic OH excluding ortho intramolecular Hbond substituents is 1. The van der Waals surface area contributed by atoms with Gasteiger partial charge in [-0.2, -0.15) is 5.10 Å². The maximum Gasteiger partial charge on any atom is 0.271 e. The van der Waals surface area contributed by atoms with Crippen LogP contribution in [0.4, 0.5) is 0 Å². The van der Waals surface area contributed by atoms with Crippen molar-refractivity contribution in [3.63, 3.8) is 0 Å². The third kappa shape index (κ3) is 5.08. The minimum absolute atomic E-state index is 0.0459. The molecule has 2 aromatic rings. The first kappa shape index (κ1) is 18.5. The van der Waals surface area contributed by atoms with E-state index in [1.165, 1.54) is 17.8 Å². The van der Waals surface area contributed by atoms with Crippen molar-refractivity contribution in [2.75, 3.05) is 6.61 Å². The van der Waals surface area contributed by atoms with Crippen LogP contribution in [0.5, 0.6) is 11.5 Å². The Kier molecular flexibility index (Phi) is 5.80. The van der Waals surface area contributed by atoms with Crippen molar-refractivity contribution in [3.05, 3.63) is 59.2 Å². The van der Waals surface area contributed by atoms with Gasteiger partial charge in [0.2, 0.25) is 0 Å². The van der Waals surface area contributed by atoms with Crippen molar-refractivity contribution in [1.82, 2.24) is 5.43 Å². The SMILES string of the molecule is CCOc1cc(/C=N/NC(=O)c2ccc(C(C)(C)C)cc2)ccc1O. The van der Waals surface area contributed by atoms with Crippen LogP contribution >= 0.6 is 0 Å². The summed E-state index contributed by atoms with van der Waals surface area (Å²) in [6.45, 7) is 8.67. The molecule has 2 aromatic carbocycles. The second-order valence-corrected chi connectivity index (χ2v) is 6.69. The first-order valence-corrected chi connectivity index (χ1v) is 8.21. The molecule has 0 saturated heterocycles. The molecule has 0 unspecified atom stereocenters. The van der Waals surface area contributed by atoms with E-state index < -0.39 is 0 Å². The number of nitrogens with one attached hydrogen (secondary N) is 1. The molecular formula is C20H24N2O3. The van der Waals surface area contributed by atoms with Gasteiger partial charge in [-0.05, 0) is 53.8 Å². The minimum atomic E-state index is -0.277. The molecule has 25 heavy (non-hydrogen) atoms. The van der Waals surface area contributed by atoms with E-state index in [2.05, 4.69) is 31.3 Å². The second kappa shape index (κ2) is 7.83. The zero-order valence-corrected chi connectivity index (χ0v) is 15.0. The van der Waals surface area contributed by atoms with E-state index in [0.29, 0.717) is 23.5 Å². The zero-order chi connectivity index (χ0) is 18.4. The predicted octanol–water partition coefficient (Wildman–Crippen LogP) is 3.85. The van der Waals surface area contributed by atoms with Crippen LogP contribution in [0.25, 0.3) is 0 Å². The standard InChI is InChI=1S/C20H24N2O3/c1-5-25-18-12-14(6-11-17(18)23)13-21-22-19(24)15-7-9-16(10-8-15)20(2,3)4/h6-13,23H,5H2,1-4H3,(H,22,24)/b21-13+. The number of ether oxygens (including phenoxy) is 1. The van der Waals surface area contributed by atoms with Crippen LogP contribution < -0.4 is 10.2 Å². The number of rotatable bonds is 5. The predicted molar refractivity (Wildman–Crippen MR) is 99.5 cm³/mol. The van der Waals surface area contributed by atoms with Gasteiger partial charge in [0.25, 0.3) is 5.91 Å². The molecule has 2 N–H and O–H groups in total. The topological polar surface area (TPSA) is 70.9 Å². The van der Waals surface area contributed by atoms with Crippen molar-refractivity contribution in [2.45, 2.75) is 33.1 Å². The molecule has 0 aliphatic heterocycles. The summed E-state index contributed by atoms with van der Waals surface area (Å²) >= 11 is 0. The van der Waals surface area contributed by atoms with Crippen LogP contribution in [-0.4, -0.2) is 23.8 Å². The van der Waals surface area contributed by atoms with E-state index in [4.69, 9.17) is 4.74 Å². The Morgan fingerprint density at radius 1 is 1.20 bits per heavy atom. The zero-order valence-electron chi connectivity index (χ0n) is 15.0. The molecule has 5 heteroatoms. The summed E-state index contributed by atoms with van der Waals surface area (Å²) in [6, 6.07) is 12.4. The summed E-state index contributed by atoms with van der Waals surface area (Å²) in [4.78, 5) is 12.1. The third-order valence-corrected chi connectivity index (χ3v) is 3.68. The molecule has 0 aliphatic rings. The van der Waals surface area contributed by atoms with Crippen LogP contribution in [0.3, 0.4) is 0 Å². The van der Waals surface area contributed by atoms with Crippen LogP contribution in [0, 0.1) is 0 Å². The normalized spacial score (nSPS) is 11.5. The molecule has 5 nitrogen and oxygen atoms in total. The summed E-state index contributed by atoms with van der Waals surface area (Å²) in [7, 11) is 0. The number of benzene rings is 2. The van der Waals surface area contributed by atoms with Gasteiger partial charge in [-0.25, -0.2) is 5.43 Å². The molecule has 0 radical (unpaired) electrons. The molecule has 2 rings (SSSR count). The molecule has 0 aromatic heterocycles. The molecule has 0 atom stereocenters. The Bertz CT molecular complexity index is 760. The van der Waals surface area contributed by atoms with Crippen LogP contribution in [0.2, 0.25) is 0 Å². The highest BCUT2D eigenvalue weighted by atomic mass is 16.5. The number of amides is 1. The summed E-state index contributed by atoms with van der Waals surface area (Å²) in [6.07, 6.45) is 1.50. The lowest BCUT2D eigenvalue weighted by Gasteiger charge is -2.18. The summed E-state index contributed by atoms with van der Waals surface area (Å²) < 4.78 is 5.31. The van der Waals surface area contributed by atoms with Crippen molar-refractivity contribution >= 4 is 12.1 Å². The van der Waals surface area contributed by atoms with E-state index >= 15 is 0 Å². The molecule has 0 saturated carbocycles. The number of aromatic hydroxyl groups is 1. The molecular weight excluding hydrogens is 316 g/mol. The van der Waals surface area contributed by atoms with Crippen LogP contribution in [0.15, 0.2) is 47.6 Å². The molecule has 0 spiro atoms. The fraction of sp³-hybridized carbons (Fsp3) is 0.300. The van der Waals surface area contributed by atoms with Gasteiger partial charge in [0, 0.05) is 5.56 Å². The monoisotopic (exact) mass is 340 g/mol. The number of hydrazone groups is 1. The van der Waals surface area contributed by atoms with Crippen molar-refractivity contribution in [3.8, 4) is 11.5 Å². The maximum absolute atomic E-state index is 12.1. The Labute approximate surface area is 148 Å². The second-order valence-electron chi connectivity index (χ2n) is 6.69. The third-order valence-electron chi connectivity index (χ3n) is 3.68. The summed E-state index contributed by atoms with van der Waals surface area (Å²) in [5.41, 5.74) is 4.97. The molecule has 1 amide bonds. The van der Waals surface area contributed by atoms with E-state index in [9.17, 15) is 9.90 Å². The number of carbonyl (C=O) groups excluding carboxylic acids is 1. The van der Waals surface area contributed by atoms with Gasteiger partial charge in [-0.3, -0.25) is 4.79 Å². The first-order chi connectivity index (χ1) is 11.8. The lowest BCUT2D eigenvalue weighted by Crippen LogP contribution is -2.18. The van der Waals surface area contributed by atoms with E-state index in [1.54, 1.807) is 24.3 Å². The smallest absolute Gasteiger partial charge is 0.271 e. The highest BCUT2D eigenvalue weighted by Crippen LogP contribution is 2.26. The molecule has 0 heterocycles. The van der Waals surface area contributed by atoms with E-state index in [-0.39, 0.29) is 17.1 Å². The highest BCUT2D eigenvalue weighted by molar-refractivity contribution is 5.95. The number of hydrogen-bond acceptors (Lipinski definition) is 4. The van der Waals surface area contributed by atoms with Crippen molar-refractivity contribution in [1.29, 1.82) is 0 Å². The Hall–Kier alpha value is -2.82.